The summed E-state index contributed by atoms with van der Waals surface area (Å²) in [4.78, 5) is 2.42. The van der Waals surface area contributed by atoms with Crippen LogP contribution in [0.25, 0.3) is 0 Å². The normalized spacial score (nSPS) is 28.2. The molecule has 2 fully saturated rings. The summed E-state index contributed by atoms with van der Waals surface area (Å²) in [5, 5.41) is 9.92. The molecule has 2 nitrogen and oxygen atoms in total. The van der Waals surface area contributed by atoms with Crippen molar-refractivity contribution in [3.63, 3.8) is 0 Å². The van der Waals surface area contributed by atoms with Crippen LogP contribution in [0.2, 0.25) is 0 Å². The number of hydrogen-bond acceptors (Lipinski definition) is 2. The highest BCUT2D eigenvalue weighted by Crippen LogP contribution is 2.34. The van der Waals surface area contributed by atoms with Crippen LogP contribution in [0.4, 0.5) is 0 Å². The van der Waals surface area contributed by atoms with E-state index < -0.39 is 0 Å². The summed E-state index contributed by atoms with van der Waals surface area (Å²) >= 11 is 0. The molecular weight excluding hydrogens is 162 g/mol. The summed E-state index contributed by atoms with van der Waals surface area (Å²) in [5.74, 6) is 0.925. The molecule has 0 amide bonds. The van der Waals surface area contributed by atoms with Crippen LogP contribution in [0.5, 0.6) is 0 Å². The van der Waals surface area contributed by atoms with Crippen LogP contribution in [-0.4, -0.2) is 35.2 Å². The smallest absolute Gasteiger partial charge is 0.0774 e. The van der Waals surface area contributed by atoms with E-state index in [1.807, 2.05) is 0 Å². The molecule has 1 saturated heterocycles. The van der Waals surface area contributed by atoms with Crippen molar-refractivity contribution in [3.8, 4) is 0 Å². The maximum absolute atomic E-state index is 9.92. The second kappa shape index (κ2) is 3.58. The summed E-state index contributed by atoms with van der Waals surface area (Å²) < 4.78 is 0. The van der Waals surface area contributed by atoms with Gasteiger partial charge in [0.2, 0.25) is 0 Å². The second-order valence-electron chi connectivity index (χ2n) is 4.93. The quantitative estimate of drug-likeness (QED) is 0.716. The summed E-state index contributed by atoms with van der Waals surface area (Å²) in [6.07, 6.45) is 5.96. The predicted octanol–water partition coefficient (Wildman–Crippen LogP) is 1.63. The van der Waals surface area contributed by atoms with Crippen LogP contribution in [0.3, 0.4) is 0 Å². The Balaban J connectivity index is 1.63. The van der Waals surface area contributed by atoms with Gasteiger partial charge < -0.3 is 5.11 Å². The number of likely N-dealkylation sites (tertiary alicyclic amines) is 1. The molecule has 1 heterocycles. The van der Waals surface area contributed by atoms with E-state index in [1.54, 1.807) is 0 Å². The van der Waals surface area contributed by atoms with E-state index in [-0.39, 0.29) is 5.60 Å². The molecule has 76 valence electrons. The molecule has 1 aliphatic carbocycles. The van der Waals surface area contributed by atoms with Crippen LogP contribution in [0.15, 0.2) is 0 Å². The fourth-order valence-corrected chi connectivity index (χ4v) is 2.56. The van der Waals surface area contributed by atoms with Crippen molar-refractivity contribution < 1.29 is 5.11 Å². The maximum Gasteiger partial charge on any atom is 0.0774 e. The van der Waals surface area contributed by atoms with Crippen molar-refractivity contribution in [2.24, 2.45) is 5.92 Å². The van der Waals surface area contributed by atoms with Gasteiger partial charge in [-0.25, -0.2) is 0 Å². The molecule has 0 bridgehead atoms. The third-order valence-electron chi connectivity index (χ3n) is 3.53. The molecule has 0 unspecified atom stereocenters. The molecule has 0 radical (unpaired) electrons. The highest BCUT2D eigenvalue weighted by Gasteiger charge is 2.39. The fraction of sp³-hybridized carbons (Fsp3) is 1.00. The molecule has 0 atom stereocenters. The third kappa shape index (κ3) is 2.05. The minimum absolute atomic E-state index is 0.294. The minimum atomic E-state index is -0.294. The number of aliphatic hydroxyl groups is 1. The summed E-state index contributed by atoms with van der Waals surface area (Å²) in [6, 6.07) is 0. The van der Waals surface area contributed by atoms with Crippen molar-refractivity contribution in [3.05, 3.63) is 0 Å². The van der Waals surface area contributed by atoms with Crippen molar-refractivity contribution in [2.75, 3.05) is 19.6 Å². The molecule has 0 aromatic carbocycles. The Morgan fingerprint density at radius 2 is 2.08 bits per heavy atom. The number of β-amino-alcohol motifs (C(OH)–C–C–N with tert-alkyl or cyclic N) is 1. The SMILES string of the molecule is CCCC1CN(CC2(O)CCC2)C1. The lowest BCUT2D eigenvalue weighted by molar-refractivity contribution is -0.0808. The molecule has 2 heteroatoms. The van der Waals surface area contributed by atoms with Crippen molar-refractivity contribution >= 4 is 0 Å². The van der Waals surface area contributed by atoms with E-state index in [0.29, 0.717) is 0 Å². The zero-order chi connectivity index (χ0) is 9.31. The molecule has 2 rings (SSSR count). The number of rotatable bonds is 4. The van der Waals surface area contributed by atoms with Crippen LogP contribution in [0.1, 0.15) is 39.0 Å². The monoisotopic (exact) mass is 183 g/mol. The highest BCUT2D eigenvalue weighted by molar-refractivity contribution is 4.93. The molecule has 2 aliphatic rings. The Bertz CT molecular complexity index is 171. The molecule has 13 heavy (non-hydrogen) atoms. The van der Waals surface area contributed by atoms with Gasteiger partial charge in [0, 0.05) is 19.6 Å². The lowest BCUT2D eigenvalue weighted by Crippen LogP contribution is -2.55. The van der Waals surface area contributed by atoms with Gasteiger partial charge in [0.25, 0.3) is 0 Å². The predicted molar refractivity (Wildman–Crippen MR) is 53.6 cm³/mol. The van der Waals surface area contributed by atoms with Gasteiger partial charge in [0.05, 0.1) is 5.60 Å². The maximum atomic E-state index is 9.92. The Hall–Kier alpha value is -0.0800. The van der Waals surface area contributed by atoms with Gasteiger partial charge in [0.1, 0.15) is 0 Å². The molecule has 1 saturated carbocycles. The topological polar surface area (TPSA) is 23.5 Å². The number of hydrogen-bond donors (Lipinski definition) is 1. The summed E-state index contributed by atoms with van der Waals surface area (Å²) in [5.41, 5.74) is -0.294. The van der Waals surface area contributed by atoms with Gasteiger partial charge in [-0.2, -0.15) is 0 Å². The van der Waals surface area contributed by atoms with Gasteiger partial charge in [-0.3, -0.25) is 4.90 Å². The third-order valence-corrected chi connectivity index (χ3v) is 3.53. The average Bonchev–Trinajstić information content (AvgIpc) is 1.98. The first-order valence-corrected chi connectivity index (χ1v) is 5.66. The standard InChI is InChI=1S/C11H21NO/c1-2-4-10-7-12(8-10)9-11(13)5-3-6-11/h10,13H,2-9H2,1H3. The van der Waals surface area contributed by atoms with E-state index in [2.05, 4.69) is 11.8 Å². The van der Waals surface area contributed by atoms with E-state index in [1.165, 1.54) is 32.4 Å². The van der Waals surface area contributed by atoms with Crippen LogP contribution >= 0.6 is 0 Å². The average molecular weight is 183 g/mol. The van der Waals surface area contributed by atoms with Crippen LogP contribution < -0.4 is 0 Å². The zero-order valence-corrected chi connectivity index (χ0v) is 8.63. The van der Waals surface area contributed by atoms with Crippen molar-refractivity contribution in [1.82, 2.24) is 4.90 Å². The van der Waals surface area contributed by atoms with E-state index in [9.17, 15) is 5.11 Å². The summed E-state index contributed by atoms with van der Waals surface area (Å²) in [7, 11) is 0. The molecule has 0 aromatic rings. The van der Waals surface area contributed by atoms with E-state index >= 15 is 0 Å². The van der Waals surface area contributed by atoms with Gasteiger partial charge >= 0.3 is 0 Å². The van der Waals surface area contributed by atoms with E-state index in [4.69, 9.17) is 0 Å². The minimum Gasteiger partial charge on any atom is -0.389 e. The Kier molecular flexibility index (Phi) is 2.61. The second-order valence-corrected chi connectivity index (χ2v) is 4.93. The lowest BCUT2D eigenvalue weighted by atomic mass is 9.78. The largest absolute Gasteiger partial charge is 0.389 e. The molecular formula is C11H21NO. The zero-order valence-electron chi connectivity index (χ0n) is 8.63. The Morgan fingerprint density at radius 3 is 2.54 bits per heavy atom. The van der Waals surface area contributed by atoms with Crippen LogP contribution in [0, 0.1) is 5.92 Å². The molecule has 0 aromatic heterocycles. The van der Waals surface area contributed by atoms with Crippen molar-refractivity contribution in [1.29, 1.82) is 0 Å². The molecule has 0 spiro atoms. The van der Waals surface area contributed by atoms with Gasteiger partial charge in [-0.15, -0.1) is 0 Å². The summed E-state index contributed by atoms with van der Waals surface area (Å²) in [6.45, 7) is 5.65. The van der Waals surface area contributed by atoms with E-state index in [0.717, 1.165) is 25.3 Å². The fourth-order valence-electron chi connectivity index (χ4n) is 2.56. The first kappa shape index (κ1) is 9.47. The lowest BCUT2D eigenvalue weighted by Gasteiger charge is -2.47. The molecule has 1 aliphatic heterocycles. The molecule has 1 N–H and O–H groups in total. The number of nitrogens with zero attached hydrogens (tertiary/aromatic N) is 1. The Labute approximate surface area is 80.9 Å². The van der Waals surface area contributed by atoms with Gasteiger partial charge in [-0.05, 0) is 31.6 Å². The Morgan fingerprint density at radius 1 is 1.38 bits per heavy atom. The van der Waals surface area contributed by atoms with Crippen LogP contribution in [-0.2, 0) is 0 Å². The highest BCUT2D eigenvalue weighted by atomic mass is 16.3. The first-order valence-electron chi connectivity index (χ1n) is 5.66. The van der Waals surface area contributed by atoms with Gasteiger partial charge in [-0.1, -0.05) is 13.3 Å². The van der Waals surface area contributed by atoms with Gasteiger partial charge in [0.15, 0.2) is 0 Å². The first-order chi connectivity index (χ1) is 6.22. The van der Waals surface area contributed by atoms with Crippen molar-refractivity contribution in [2.45, 2.75) is 44.6 Å².